The zero-order chi connectivity index (χ0) is 20.6. The molecule has 0 bridgehead atoms. The van der Waals surface area contributed by atoms with E-state index in [-0.39, 0.29) is 15.9 Å². The highest BCUT2D eigenvalue weighted by atomic mass is 32.2. The highest BCUT2D eigenvalue weighted by molar-refractivity contribution is 8.04. The van der Waals surface area contributed by atoms with Crippen molar-refractivity contribution in [2.45, 2.75) is 49.7 Å². The van der Waals surface area contributed by atoms with E-state index in [1.165, 1.54) is 43.6 Å². The van der Waals surface area contributed by atoms with Gasteiger partial charge in [-0.25, -0.2) is 9.37 Å². The summed E-state index contributed by atoms with van der Waals surface area (Å²) in [6, 6.07) is 5.60. The van der Waals surface area contributed by atoms with Gasteiger partial charge in [0.15, 0.2) is 5.13 Å². The molecule has 0 unspecified atom stereocenters. The van der Waals surface area contributed by atoms with E-state index < -0.39 is 26.4 Å². The number of anilines is 1. The van der Waals surface area contributed by atoms with Crippen LogP contribution in [0, 0.1) is 17.1 Å². The summed E-state index contributed by atoms with van der Waals surface area (Å²) in [4.78, 5) is 17.2. The molecule has 1 amide bonds. The number of carbonyl (C=O) groups excluding carboxylic acids is 1. The fourth-order valence-electron chi connectivity index (χ4n) is 2.34. The van der Waals surface area contributed by atoms with Gasteiger partial charge in [0.1, 0.15) is 10.6 Å². The fraction of sp³-hybridized carbons (Fsp3) is 0.421. The molecular formula is C19H24FN3O2S2. The summed E-state index contributed by atoms with van der Waals surface area (Å²) in [6.07, 6.45) is 1.39. The van der Waals surface area contributed by atoms with Crippen molar-refractivity contribution >= 4 is 32.3 Å². The van der Waals surface area contributed by atoms with Gasteiger partial charge in [0.05, 0.1) is 22.2 Å². The molecule has 0 fully saturated rings. The third-order valence-corrected chi connectivity index (χ3v) is 9.03. The van der Waals surface area contributed by atoms with Gasteiger partial charge in [-0.3, -0.25) is 9.00 Å². The Hall–Kier alpha value is -2.11. The van der Waals surface area contributed by atoms with Crippen molar-refractivity contribution in [2.24, 2.45) is 0 Å². The van der Waals surface area contributed by atoms with E-state index in [1.807, 2.05) is 32.2 Å². The van der Waals surface area contributed by atoms with Gasteiger partial charge in [0.2, 0.25) is 5.91 Å². The molecule has 0 atom stereocenters. The fourth-order valence-corrected chi connectivity index (χ4v) is 5.15. The molecule has 1 heterocycles. The Morgan fingerprint density at radius 1 is 1.30 bits per heavy atom. The average molecular weight is 410 g/mol. The van der Waals surface area contributed by atoms with Crippen LogP contribution < -0.4 is 5.32 Å². The highest BCUT2D eigenvalue weighted by Crippen LogP contribution is 2.34. The molecule has 0 saturated heterocycles. The normalized spacial score (nSPS) is 13.1. The summed E-state index contributed by atoms with van der Waals surface area (Å²) >= 11 is 1.29. The minimum absolute atomic E-state index is 0.0452. The molecule has 2 aromatic rings. The van der Waals surface area contributed by atoms with Gasteiger partial charge in [-0.15, -0.1) is 11.3 Å². The van der Waals surface area contributed by atoms with E-state index in [1.54, 1.807) is 0 Å². The van der Waals surface area contributed by atoms with Crippen LogP contribution in [0.1, 0.15) is 45.9 Å². The Labute approximate surface area is 164 Å². The Morgan fingerprint density at radius 2 is 1.93 bits per heavy atom. The van der Waals surface area contributed by atoms with Crippen LogP contribution >= 0.6 is 11.3 Å². The van der Waals surface area contributed by atoms with Gasteiger partial charge >= 0.3 is 0 Å². The van der Waals surface area contributed by atoms with E-state index in [4.69, 9.17) is 5.26 Å². The monoisotopic (exact) mass is 409 g/mol. The van der Waals surface area contributed by atoms with Crippen molar-refractivity contribution < 1.29 is 13.4 Å². The van der Waals surface area contributed by atoms with Crippen molar-refractivity contribution in [3.63, 3.8) is 0 Å². The van der Waals surface area contributed by atoms with E-state index in [2.05, 4.69) is 10.3 Å². The molecular weight excluding hydrogens is 385 g/mol. The number of nitrogens with one attached hydrogen (secondary N) is 1. The number of halogens is 1. The van der Waals surface area contributed by atoms with E-state index in [9.17, 15) is 13.4 Å². The number of rotatable bonds is 4. The van der Waals surface area contributed by atoms with Gasteiger partial charge in [0, 0.05) is 10.8 Å². The molecule has 146 valence electrons. The molecule has 1 N–H and O–H groups in total. The van der Waals surface area contributed by atoms with Crippen molar-refractivity contribution in [1.29, 1.82) is 5.26 Å². The predicted octanol–water partition coefficient (Wildman–Crippen LogP) is 3.87. The summed E-state index contributed by atoms with van der Waals surface area (Å²) in [7, 11) is -3.45. The quantitative estimate of drug-likeness (QED) is 0.751. The Morgan fingerprint density at radius 3 is 2.41 bits per heavy atom. The van der Waals surface area contributed by atoms with Gasteiger partial charge in [0.25, 0.3) is 0 Å². The minimum Gasteiger partial charge on any atom is -0.301 e. The second-order valence-corrected chi connectivity index (χ2v) is 12.3. The molecule has 1 aromatic carbocycles. The van der Waals surface area contributed by atoms with Gasteiger partial charge in [-0.2, -0.15) is 5.26 Å². The summed E-state index contributed by atoms with van der Waals surface area (Å²) in [5.74, 6) is -1.24. The maximum atomic E-state index is 14.4. The van der Waals surface area contributed by atoms with Crippen LogP contribution in [0.5, 0.6) is 0 Å². The van der Waals surface area contributed by atoms with Gasteiger partial charge in [-0.05, 0) is 38.3 Å². The summed E-state index contributed by atoms with van der Waals surface area (Å²) < 4.78 is 26.5. The van der Waals surface area contributed by atoms with Crippen LogP contribution in [-0.2, 0) is 20.1 Å². The number of aromatic nitrogens is 1. The first-order chi connectivity index (χ1) is 12.3. The maximum absolute atomic E-state index is 14.4. The van der Waals surface area contributed by atoms with Crippen LogP contribution in [0.15, 0.2) is 28.5 Å². The largest absolute Gasteiger partial charge is 0.301 e. The number of nitrogens with zero attached hydrogens (tertiary/aromatic N) is 2. The first-order valence-electron chi connectivity index (χ1n) is 8.36. The average Bonchev–Trinajstić information content (AvgIpc) is 3.02. The van der Waals surface area contributed by atoms with E-state index in [0.29, 0.717) is 5.13 Å². The Kier molecular flexibility index (Phi) is 5.60. The minimum atomic E-state index is -3.45. The molecule has 1 aromatic heterocycles. The van der Waals surface area contributed by atoms with Crippen molar-refractivity contribution in [3.8, 4) is 6.07 Å². The molecule has 0 aliphatic carbocycles. The summed E-state index contributed by atoms with van der Waals surface area (Å²) in [5.41, 5.74) is 0.829. The van der Waals surface area contributed by atoms with Crippen LogP contribution in [0.2, 0.25) is 0 Å². The topological polar surface area (TPSA) is 82.9 Å². The standard InChI is InChI=1S/C19H24FN3O2S2/c1-18(2,3)15-11-26-17(22-15)23-16(24)19(4,5)27(6,25)14-8-7-12(10-21)9-13(14)20/h7-9,11,27H,1-6H3,(H,22,23,24). The molecule has 0 aliphatic rings. The first-order valence-corrected chi connectivity index (χ1v) is 11.4. The zero-order valence-electron chi connectivity index (χ0n) is 16.3. The number of hydrogen-bond acceptors (Lipinski definition) is 5. The zero-order valence-corrected chi connectivity index (χ0v) is 18.0. The lowest BCUT2D eigenvalue weighted by Crippen LogP contribution is -2.48. The number of carbonyl (C=O) groups is 1. The lowest BCUT2D eigenvalue weighted by Gasteiger charge is -2.35. The lowest BCUT2D eigenvalue weighted by atomic mass is 9.93. The number of thiazole rings is 1. The Balaban J connectivity index is 2.33. The SMILES string of the molecule is CC(C)(C)c1csc(NC(=O)C(C)(C)[SH](C)(=O)c2ccc(C#N)cc2F)n1. The number of amides is 1. The molecule has 8 heteroatoms. The number of nitriles is 1. The third kappa shape index (κ3) is 4.09. The van der Waals surface area contributed by atoms with Gasteiger partial charge < -0.3 is 5.32 Å². The van der Waals surface area contributed by atoms with Crippen molar-refractivity contribution in [1.82, 2.24) is 4.98 Å². The predicted molar refractivity (Wildman–Crippen MR) is 108 cm³/mol. The lowest BCUT2D eigenvalue weighted by molar-refractivity contribution is -0.117. The maximum Gasteiger partial charge on any atom is 0.242 e. The summed E-state index contributed by atoms with van der Waals surface area (Å²) in [5, 5.41) is 13.9. The Bertz CT molecular complexity index is 968. The van der Waals surface area contributed by atoms with E-state index in [0.717, 1.165) is 11.8 Å². The highest BCUT2D eigenvalue weighted by Gasteiger charge is 2.41. The molecule has 0 radical (unpaired) electrons. The first kappa shape index (κ1) is 21.2. The van der Waals surface area contributed by atoms with Gasteiger partial charge in [-0.1, -0.05) is 30.7 Å². The molecule has 0 spiro atoms. The number of benzene rings is 1. The summed E-state index contributed by atoms with van der Waals surface area (Å²) in [6.45, 7) is 9.11. The molecule has 27 heavy (non-hydrogen) atoms. The number of hydrogen-bond donors (Lipinski definition) is 2. The molecule has 0 aliphatic heterocycles. The molecule has 5 nitrogen and oxygen atoms in total. The third-order valence-electron chi connectivity index (χ3n) is 4.65. The van der Waals surface area contributed by atoms with Crippen LogP contribution in [0.3, 0.4) is 0 Å². The second-order valence-electron chi connectivity index (χ2n) is 8.00. The van der Waals surface area contributed by atoms with E-state index >= 15 is 0 Å². The van der Waals surface area contributed by atoms with Crippen molar-refractivity contribution in [3.05, 3.63) is 40.7 Å². The molecule has 0 saturated carbocycles. The van der Waals surface area contributed by atoms with Crippen LogP contribution in [0.4, 0.5) is 9.52 Å². The van der Waals surface area contributed by atoms with Crippen LogP contribution in [-0.4, -0.2) is 26.1 Å². The van der Waals surface area contributed by atoms with Crippen LogP contribution in [0.25, 0.3) is 0 Å². The molecule has 2 rings (SSSR count). The van der Waals surface area contributed by atoms with Crippen molar-refractivity contribution in [2.75, 3.05) is 11.6 Å². The smallest absolute Gasteiger partial charge is 0.242 e. The second kappa shape index (κ2) is 7.13. The number of thiol groups is 1.